The third-order valence-electron chi connectivity index (χ3n) is 3.68. The summed E-state index contributed by atoms with van der Waals surface area (Å²) in [7, 11) is 0. The van der Waals surface area contributed by atoms with Crippen molar-refractivity contribution >= 4 is 5.78 Å². The molecule has 0 bridgehead atoms. The molecule has 0 radical (unpaired) electrons. The van der Waals surface area contributed by atoms with Gasteiger partial charge in [0.25, 0.3) is 0 Å². The van der Waals surface area contributed by atoms with E-state index < -0.39 is 0 Å². The van der Waals surface area contributed by atoms with Gasteiger partial charge in [-0.3, -0.25) is 9.78 Å². The summed E-state index contributed by atoms with van der Waals surface area (Å²) in [6, 6.07) is 12.1. The van der Waals surface area contributed by atoms with Gasteiger partial charge in [0.1, 0.15) is 5.69 Å². The first-order valence-corrected chi connectivity index (χ1v) is 7.19. The molecule has 4 heteroatoms. The highest BCUT2D eigenvalue weighted by Gasteiger charge is 2.07. The van der Waals surface area contributed by atoms with Crippen LogP contribution in [-0.2, 0) is 6.42 Å². The second kappa shape index (κ2) is 5.93. The lowest BCUT2D eigenvalue weighted by molar-refractivity contribution is 0.101. The molecule has 0 unspecified atom stereocenters. The Morgan fingerprint density at radius 2 is 2.00 bits per heavy atom. The lowest BCUT2D eigenvalue weighted by Crippen LogP contribution is -2.01. The Balaban J connectivity index is 1.84. The van der Waals surface area contributed by atoms with Crippen molar-refractivity contribution in [1.82, 2.24) is 14.8 Å². The van der Waals surface area contributed by atoms with Gasteiger partial charge in [-0.25, -0.2) is 4.68 Å². The summed E-state index contributed by atoms with van der Waals surface area (Å²) in [5.41, 5.74) is 4.98. The molecule has 0 aliphatic carbocycles. The van der Waals surface area contributed by atoms with Gasteiger partial charge >= 0.3 is 0 Å². The maximum atomic E-state index is 11.5. The number of aromatic nitrogens is 3. The molecule has 3 aromatic rings. The average molecular weight is 291 g/mol. The van der Waals surface area contributed by atoms with E-state index in [0.717, 1.165) is 23.2 Å². The lowest BCUT2D eigenvalue weighted by Gasteiger charge is -2.08. The number of carbonyl (C=O) groups excluding carboxylic acids is 1. The fraction of sp³-hybridized carbons (Fsp3) is 0.167. The number of carbonyl (C=O) groups is 1. The third-order valence-corrected chi connectivity index (χ3v) is 3.68. The van der Waals surface area contributed by atoms with Crippen molar-refractivity contribution in [3.05, 3.63) is 77.4 Å². The number of benzene rings is 1. The summed E-state index contributed by atoms with van der Waals surface area (Å²) in [4.78, 5) is 15.6. The van der Waals surface area contributed by atoms with Gasteiger partial charge in [-0.1, -0.05) is 12.1 Å². The second-order valence-electron chi connectivity index (χ2n) is 5.35. The number of hydrogen-bond acceptors (Lipinski definition) is 3. The highest BCUT2D eigenvalue weighted by atomic mass is 16.1. The van der Waals surface area contributed by atoms with Crippen LogP contribution in [0.1, 0.15) is 34.1 Å². The molecule has 0 saturated carbocycles. The van der Waals surface area contributed by atoms with Crippen LogP contribution in [0.3, 0.4) is 0 Å². The largest absolute Gasteiger partial charge is 0.293 e. The minimum absolute atomic E-state index is 0.00437. The Morgan fingerprint density at radius 3 is 2.64 bits per heavy atom. The molecule has 0 aliphatic rings. The molecular weight excluding hydrogens is 274 g/mol. The van der Waals surface area contributed by atoms with Gasteiger partial charge < -0.3 is 0 Å². The van der Waals surface area contributed by atoms with E-state index in [1.165, 1.54) is 5.56 Å². The van der Waals surface area contributed by atoms with Gasteiger partial charge in [-0.15, -0.1) is 0 Å². The molecule has 0 saturated heterocycles. The fourth-order valence-corrected chi connectivity index (χ4v) is 2.36. The molecular formula is C18H17N3O. The molecule has 0 aliphatic heterocycles. The van der Waals surface area contributed by atoms with E-state index in [1.54, 1.807) is 19.3 Å². The van der Waals surface area contributed by atoms with Crippen molar-refractivity contribution in [1.29, 1.82) is 0 Å². The predicted molar refractivity (Wildman–Crippen MR) is 85.3 cm³/mol. The van der Waals surface area contributed by atoms with E-state index in [0.29, 0.717) is 5.69 Å². The van der Waals surface area contributed by atoms with Crippen LogP contribution in [-0.4, -0.2) is 20.5 Å². The van der Waals surface area contributed by atoms with Crippen LogP contribution in [0.5, 0.6) is 0 Å². The molecule has 4 nitrogen and oxygen atoms in total. The summed E-state index contributed by atoms with van der Waals surface area (Å²) >= 11 is 0. The summed E-state index contributed by atoms with van der Waals surface area (Å²) in [5, 5.41) is 4.22. The Hall–Kier alpha value is -2.75. The van der Waals surface area contributed by atoms with Crippen molar-refractivity contribution in [3.8, 4) is 5.69 Å². The molecule has 2 aromatic heterocycles. The van der Waals surface area contributed by atoms with Gasteiger partial charge in [0.2, 0.25) is 0 Å². The SMILES string of the molecule is CC(=O)c1cc(Cc2ccc(-n3cccn3)cc2)c(C)cn1. The Bertz CT molecular complexity index is 790. The first-order valence-electron chi connectivity index (χ1n) is 7.19. The summed E-state index contributed by atoms with van der Waals surface area (Å²) in [6.07, 6.45) is 6.23. The van der Waals surface area contributed by atoms with E-state index in [4.69, 9.17) is 0 Å². The fourth-order valence-electron chi connectivity index (χ4n) is 2.36. The average Bonchev–Trinajstić information content (AvgIpc) is 3.04. The molecule has 22 heavy (non-hydrogen) atoms. The van der Waals surface area contributed by atoms with Gasteiger partial charge in [0.05, 0.1) is 5.69 Å². The van der Waals surface area contributed by atoms with Gasteiger partial charge in [-0.05, 0) is 54.3 Å². The van der Waals surface area contributed by atoms with Crippen LogP contribution in [0.25, 0.3) is 5.69 Å². The minimum atomic E-state index is -0.00437. The number of ketones is 1. The third kappa shape index (κ3) is 2.96. The summed E-state index contributed by atoms with van der Waals surface area (Å²) in [5.74, 6) is -0.00437. The van der Waals surface area contributed by atoms with Gasteiger partial charge in [-0.2, -0.15) is 5.10 Å². The first kappa shape index (κ1) is 14.2. The van der Waals surface area contributed by atoms with E-state index in [-0.39, 0.29) is 5.78 Å². The lowest BCUT2D eigenvalue weighted by atomic mass is 10.0. The second-order valence-corrected chi connectivity index (χ2v) is 5.35. The van der Waals surface area contributed by atoms with Crippen molar-refractivity contribution in [3.63, 3.8) is 0 Å². The molecule has 0 fully saturated rings. The van der Waals surface area contributed by atoms with Crippen LogP contribution < -0.4 is 0 Å². The van der Waals surface area contributed by atoms with Crippen molar-refractivity contribution in [2.45, 2.75) is 20.3 Å². The van der Waals surface area contributed by atoms with Crippen LogP contribution in [0.2, 0.25) is 0 Å². The molecule has 1 aromatic carbocycles. The predicted octanol–water partition coefficient (Wildman–Crippen LogP) is 3.37. The van der Waals surface area contributed by atoms with Crippen LogP contribution >= 0.6 is 0 Å². The highest BCUT2D eigenvalue weighted by Crippen LogP contribution is 2.16. The van der Waals surface area contributed by atoms with E-state index in [2.05, 4.69) is 22.2 Å². The number of nitrogens with zero attached hydrogens (tertiary/aromatic N) is 3. The van der Waals surface area contributed by atoms with Crippen LogP contribution in [0.15, 0.2) is 55.0 Å². The summed E-state index contributed by atoms with van der Waals surface area (Å²) in [6.45, 7) is 3.56. The number of aryl methyl sites for hydroxylation is 1. The zero-order chi connectivity index (χ0) is 15.5. The molecule has 0 spiro atoms. The van der Waals surface area contributed by atoms with E-state index in [1.807, 2.05) is 42.1 Å². The number of rotatable bonds is 4. The first-order chi connectivity index (χ1) is 10.6. The Morgan fingerprint density at radius 1 is 1.23 bits per heavy atom. The normalized spacial score (nSPS) is 10.6. The molecule has 2 heterocycles. The molecule has 110 valence electrons. The van der Waals surface area contributed by atoms with Gasteiger partial charge in [0.15, 0.2) is 5.78 Å². The minimum Gasteiger partial charge on any atom is -0.293 e. The quantitative estimate of drug-likeness (QED) is 0.692. The maximum absolute atomic E-state index is 11.5. The zero-order valence-electron chi connectivity index (χ0n) is 12.7. The standard InChI is InChI=1S/C18H17N3O/c1-13-12-19-18(14(2)22)11-16(13)10-15-4-6-17(7-5-15)21-9-3-8-20-21/h3-9,11-12H,10H2,1-2H3. The zero-order valence-corrected chi connectivity index (χ0v) is 12.7. The van der Waals surface area contributed by atoms with Gasteiger partial charge in [0, 0.05) is 25.5 Å². The number of hydrogen-bond donors (Lipinski definition) is 0. The monoisotopic (exact) mass is 291 g/mol. The Kier molecular flexibility index (Phi) is 3.83. The molecule has 3 rings (SSSR count). The van der Waals surface area contributed by atoms with Crippen molar-refractivity contribution in [2.75, 3.05) is 0 Å². The van der Waals surface area contributed by atoms with E-state index in [9.17, 15) is 4.79 Å². The highest BCUT2D eigenvalue weighted by molar-refractivity contribution is 5.92. The molecule has 0 N–H and O–H groups in total. The van der Waals surface area contributed by atoms with Crippen molar-refractivity contribution < 1.29 is 4.79 Å². The van der Waals surface area contributed by atoms with E-state index >= 15 is 0 Å². The van der Waals surface area contributed by atoms with Crippen LogP contribution in [0, 0.1) is 6.92 Å². The maximum Gasteiger partial charge on any atom is 0.178 e. The van der Waals surface area contributed by atoms with Crippen LogP contribution in [0.4, 0.5) is 0 Å². The molecule has 0 atom stereocenters. The topological polar surface area (TPSA) is 47.8 Å². The molecule has 0 amide bonds. The Labute approximate surface area is 129 Å². The number of Topliss-reactive ketones (excluding diaryl/α,β-unsaturated/α-hetero) is 1. The van der Waals surface area contributed by atoms with Crippen molar-refractivity contribution in [2.24, 2.45) is 0 Å². The summed E-state index contributed by atoms with van der Waals surface area (Å²) < 4.78 is 1.83. The number of pyridine rings is 1. The smallest absolute Gasteiger partial charge is 0.178 e.